The second-order valence-electron chi connectivity index (χ2n) is 5.00. The van der Waals surface area contributed by atoms with Gasteiger partial charge >= 0.3 is 0 Å². The molecule has 0 bridgehead atoms. The smallest absolute Gasteiger partial charge is 0.133 e. The molecular formula is C15H17N3. The van der Waals surface area contributed by atoms with E-state index >= 15 is 0 Å². The van der Waals surface area contributed by atoms with E-state index in [9.17, 15) is 0 Å². The quantitative estimate of drug-likeness (QED) is 0.831. The van der Waals surface area contributed by atoms with E-state index in [1.807, 2.05) is 12.1 Å². The van der Waals surface area contributed by atoms with Crippen LogP contribution in [-0.2, 0) is 6.42 Å². The van der Waals surface area contributed by atoms with Gasteiger partial charge in [0.2, 0.25) is 0 Å². The van der Waals surface area contributed by atoms with Crippen molar-refractivity contribution in [3.63, 3.8) is 0 Å². The first kappa shape index (κ1) is 11.1. The van der Waals surface area contributed by atoms with E-state index in [0.29, 0.717) is 11.6 Å². The Kier molecular flexibility index (Phi) is 2.67. The summed E-state index contributed by atoms with van der Waals surface area (Å²) in [6.07, 6.45) is 2.86. The van der Waals surface area contributed by atoms with Gasteiger partial charge in [-0.1, -0.05) is 25.1 Å². The van der Waals surface area contributed by atoms with E-state index in [0.717, 1.165) is 18.8 Å². The fourth-order valence-corrected chi connectivity index (χ4v) is 2.57. The summed E-state index contributed by atoms with van der Waals surface area (Å²) in [7, 11) is 0. The Morgan fingerprint density at radius 3 is 2.83 bits per heavy atom. The molecule has 1 aromatic carbocycles. The highest BCUT2D eigenvalue weighted by Gasteiger charge is 2.22. The minimum Gasteiger partial charge on any atom is -0.397 e. The van der Waals surface area contributed by atoms with Crippen molar-refractivity contribution in [2.45, 2.75) is 13.3 Å². The lowest BCUT2D eigenvalue weighted by Gasteiger charge is -2.34. The third-order valence-corrected chi connectivity index (χ3v) is 3.39. The molecule has 1 aliphatic heterocycles. The molecule has 3 rings (SSSR count). The highest BCUT2D eigenvalue weighted by atomic mass is 15.2. The van der Waals surface area contributed by atoms with E-state index in [4.69, 9.17) is 5.73 Å². The monoisotopic (exact) mass is 239 g/mol. The standard InChI is InChI=1S/C15H17N3/c1-11-8-12-4-2-3-5-14(12)18(10-11)15-7-6-13(16)9-17-15/h2-7,9,11H,8,10,16H2,1H3. The lowest BCUT2D eigenvalue weighted by Crippen LogP contribution is -2.30. The molecule has 2 aromatic rings. The van der Waals surface area contributed by atoms with Crippen molar-refractivity contribution in [2.75, 3.05) is 17.2 Å². The molecule has 3 heteroatoms. The second-order valence-corrected chi connectivity index (χ2v) is 5.00. The molecule has 3 nitrogen and oxygen atoms in total. The van der Waals surface area contributed by atoms with Crippen LogP contribution in [0.2, 0.25) is 0 Å². The number of hydrogen-bond donors (Lipinski definition) is 1. The summed E-state index contributed by atoms with van der Waals surface area (Å²) >= 11 is 0. The molecule has 92 valence electrons. The van der Waals surface area contributed by atoms with E-state index in [-0.39, 0.29) is 0 Å². The second kappa shape index (κ2) is 4.33. The van der Waals surface area contributed by atoms with Crippen molar-refractivity contribution in [1.29, 1.82) is 0 Å². The predicted octanol–water partition coefficient (Wildman–Crippen LogP) is 2.99. The van der Waals surface area contributed by atoms with Gasteiger partial charge in [0.1, 0.15) is 5.82 Å². The van der Waals surface area contributed by atoms with Gasteiger partial charge in [-0.05, 0) is 36.1 Å². The summed E-state index contributed by atoms with van der Waals surface area (Å²) in [6.45, 7) is 3.29. The molecule has 1 atom stereocenters. The molecule has 1 aromatic heterocycles. The molecular weight excluding hydrogens is 222 g/mol. The number of hydrogen-bond acceptors (Lipinski definition) is 3. The summed E-state index contributed by atoms with van der Waals surface area (Å²) < 4.78 is 0. The number of rotatable bonds is 1. The Bertz CT molecular complexity index is 548. The first-order valence-corrected chi connectivity index (χ1v) is 6.31. The third kappa shape index (κ3) is 1.92. The molecule has 0 fully saturated rings. The van der Waals surface area contributed by atoms with E-state index in [2.05, 4.69) is 41.1 Å². The maximum absolute atomic E-state index is 5.70. The number of pyridine rings is 1. The SMILES string of the molecule is CC1Cc2ccccc2N(c2ccc(N)cn2)C1. The Morgan fingerprint density at radius 1 is 1.22 bits per heavy atom. The zero-order valence-corrected chi connectivity index (χ0v) is 10.5. The van der Waals surface area contributed by atoms with Gasteiger partial charge in [0.15, 0.2) is 0 Å². The number of nitrogen functional groups attached to an aromatic ring is 1. The molecule has 0 saturated carbocycles. The first-order chi connectivity index (χ1) is 8.74. The van der Waals surface area contributed by atoms with Gasteiger partial charge in [0, 0.05) is 12.2 Å². The number of fused-ring (bicyclic) bond motifs is 1. The average Bonchev–Trinajstić information content (AvgIpc) is 2.38. The fourth-order valence-electron chi connectivity index (χ4n) is 2.57. The van der Waals surface area contributed by atoms with Crippen molar-refractivity contribution in [1.82, 2.24) is 4.98 Å². The number of nitrogens with zero attached hydrogens (tertiary/aromatic N) is 2. The van der Waals surface area contributed by atoms with Crippen LogP contribution in [0.4, 0.5) is 17.2 Å². The Morgan fingerprint density at radius 2 is 2.06 bits per heavy atom. The molecule has 18 heavy (non-hydrogen) atoms. The van der Waals surface area contributed by atoms with Crippen LogP contribution in [0, 0.1) is 5.92 Å². The topological polar surface area (TPSA) is 42.1 Å². The van der Waals surface area contributed by atoms with Gasteiger partial charge < -0.3 is 10.6 Å². The van der Waals surface area contributed by atoms with Crippen LogP contribution in [0.5, 0.6) is 0 Å². The average molecular weight is 239 g/mol. The van der Waals surface area contributed by atoms with Crippen LogP contribution in [0.3, 0.4) is 0 Å². The molecule has 2 heterocycles. The van der Waals surface area contributed by atoms with Gasteiger partial charge in [-0.25, -0.2) is 4.98 Å². The maximum atomic E-state index is 5.70. The molecule has 2 N–H and O–H groups in total. The van der Waals surface area contributed by atoms with E-state index in [1.54, 1.807) is 6.20 Å². The summed E-state index contributed by atoms with van der Waals surface area (Å²) in [5, 5.41) is 0. The number of anilines is 3. The molecule has 0 saturated heterocycles. The lowest BCUT2D eigenvalue weighted by atomic mass is 9.94. The molecule has 0 radical (unpaired) electrons. The summed E-state index contributed by atoms with van der Waals surface area (Å²) in [4.78, 5) is 6.72. The molecule has 0 aliphatic carbocycles. The van der Waals surface area contributed by atoms with E-state index in [1.165, 1.54) is 11.3 Å². The third-order valence-electron chi connectivity index (χ3n) is 3.39. The van der Waals surface area contributed by atoms with Crippen molar-refractivity contribution < 1.29 is 0 Å². The van der Waals surface area contributed by atoms with E-state index < -0.39 is 0 Å². The number of para-hydroxylation sites is 1. The van der Waals surface area contributed by atoms with Gasteiger partial charge in [0.25, 0.3) is 0 Å². The van der Waals surface area contributed by atoms with Crippen LogP contribution in [-0.4, -0.2) is 11.5 Å². The normalized spacial score (nSPS) is 18.5. The highest BCUT2D eigenvalue weighted by Crippen LogP contribution is 2.34. The van der Waals surface area contributed by atoms with Crippen LogP contribution in [0.25, 0.3) is 0 Å². The van der Waals surface area contributed by atoms with Crippen molar-refractivity contribution in [3.8, 4) is 0 Å². The zero-order chi connectivity index (χ0) is 12.5. The summed E-state index contributed by atoms with van der Waals surface area (Å²) in [5.74, 6) is 1.61. The van der Waals surface area contributed by atoms with Gasteiger partial charge in [-0.2, -0.15) is 0 Å². The largest absolute Gasteiger partial charge is 0.397 e. The van der Waals surface area contributed by atoms with Gasteiger partial charge in [-0.3, -0.25) is 0 Å². The molecule has 0 spiro atoms. The van der Waals surface area contributed by atoms with Crippen LogP contribution in [0.1, 0.15) is 12.5 Å². The molecule has 0 amide bonds. The van der Waals surface area contributed by atoms with Crippen LogP contribution in [0.15, 0.2) is 42.6 Å². The summed E-state index contributed by atoms with van der Waals surface area (Å²) in [6, 6.07) is 12.5. The minimum absolute atomic E-state index is 0.638. The Hall–Kier alpha value is -2.03. The lowest BCUT2D eigenvalue weighted by molar-refractivity contribution is 0.560. The number of aromatic nitrogens is 1. The van der Waals surface area contributed by atoms with Crippen molar-refractivity contribution in [3.05, 3.63) is 48.2 Å². The number of benzene rings is 1. The van der Waals surface area contributed by atoms with Crippen molar-refractivity contribution in [2.24, 2.45) is 5.92 Å². The fraction of sp³-hybridized carbons (Fsp3) is 0.267. The first-order valence-electron chi connectivity index (χ1n) is 6.31. The minimum atomic E-state index is 0.638. The Balaban J connectivity index is 2.04. The predicted molar refractivity (Wildman–Crippen MR) is 75.0 cm³/mol. The van der Waals surface area contributed by atoms with Crippen LogP contribution >= 0.6 is 0 Å². The summed E-state index contributed by atoms with van der Waals surface area (Å²) in [5.41, 5.74) is 9.07. The van der Waals surface area contributed by atoms with Crippen molar-refractivity contribution >= 4 is 17.2 Å². The van der Waals surface area contributed by atoms with Gasteiger partial charge in [-0.15, -0.1) is 0 Å². The number of nitrogens with two attached hydrogens (primary N) is 1. The van der Waals surface area contributed by atoms with Gasteiger partial charge in [0.05, 0.1) is 11.9 Å². The highest BCUT2D eigenvalue weighted by molar-refractivity contribution is 5.66. The molecule has 1 unspecified atom stereocenters. The maximum Gasteiger partial charge on any atom is 0.133 e. The molecule has 1 aliphatic rings. The Labute approximate surface area is 107 Å². The van der Waals surface area contributed by atoms with Crippen LogP contribution < -0.4 is 10.6 Å². The zero-order valence-electron chi connectivity index (χ0n) is 10.5.